The largest absolute Gasteiger partial charge is 0.322 e. The Kier molecular flexibility index (Phi) is 4.96. The third-order valence-corrected chi connectivity index (χ3v) is 2.08. The Hall–Kier alpha value is -0.600. The predicted octanol–water partition coefficient (Wildman–Crippen LogP) is 2.47. The Morgan fingerprint density at radius 2 is 2.00 bits per heavy atom. The molecule has 0 aliphatic heterocycles. The molecule has 0 saturated heterocycles. The lowest BCUT2D eigenvalue weighted by Crippen LogP contribution is -2.19. The second-order valence-corrected chi connectivity index (χ2v) is 3.48. The highest BCUT2D eigenvalue weighted by Gasteiger charge is 2.12. The number of pyridine rings is 1. The second-order valence-electron chi connectivity index (χ2n) is 3.48. The fourth-order valence-corrected chi connectivity index (χ4v) is 1.16. The summed E-state index contributed by atoms with van der Waals surface area (Å²) >= 11 is 0. The van der Waals surface area contributed by atoms with Crippen LogP contribution in [0.5, 0.6) is 0 Å². The van der Waals surface area contributed by atoms with E-state index in [1.165, 1.54) is 5.56 Å². The van der Waals surface area contributed by atoms with Gasteiger partial charge in [0.05, 0.1) is 5.69 Å². The van der Waals surface area contributed by atoms with Gasteiger partial charge in [0.25, 0.3) is 0 Å². The second kappa shape index (κ2) is 5.20. The van der Waals surface area contributed by atoms with Crippen LogP contribution in [0.2, 0.25) is 0 Å². The maximum absolute atomic E-state index is 5.98. The van der Waals surface area contributed by atoms with E-state index in [0.29, 0.717) is 5.92 Å². The highest BCUT2D eigenvalue weighted by Crippen LogP contribution is 2.18. The molecule has 0 spiro atoms. The van der Waals surface area contributed by atoms with Gasteiger partial charge in [0.15, 0.2) is 0 Å². The Morgan fingerprint density at radius 1 is 1.38 bits per heavy atom. The summed E-state index contributed by atoms with van der Waals surface area (Å²) in [5, 5.41) is 0. The number of hydrogen-bond donors (Lipinski definition) is 1. The number of nitrogens with zero attached hydrogens (tertiary/aromatic N) is 1. The summed E-state index contributed by atoms with van der Waals surface area (Å²) in [5.74, 6) is 0.443. The van der Waals surface area contributed by atoms with E-state index in [1.807, 2.05) is 19.1 Å². The SMILES string of the molecule is Cc1cccnc1[C@H](N)C(C)C.Cl. The Morgan fingerprint density at radius 3 is 2.46 bits per heavy atom. The van der Waals surface area contributed by atoms with Crippen LogP contribution < -0.4 is 5.73 Å². The average Bonchev–Trinajstić information content (AvgIpc) is 2.04. The van der Waals surface area contributed by atoms with Gasteiger partial charge in [0.2, 0.25) is 0 Å². The molecule has 13 heavy (non-hydrogen) atoms. The molecule has 0 amide bonds. The van der Waals surface area contributed by atoms with Gasteiger partial charge in [-0.1, -0.05) is 19.9 Å². The van der Waals surface area contributed by atoms with Crippen molar-refractivity contribution in [3.05, 3.63) is 29.6 Å². The standard InChI is InChI=1S/C10H16N2.ClH/c1-7(2)9(11)10-8(3)5-4-6-12-10;/h4-7,9H,11H2,1-3H3;1H/t9-;/m1./s1. The number of aromatic nitrogens is 1. The van der Waals surface area contributed by atoms with Crippen LogP contribution in [0.1, 0.15) is 31.1 Å². The summed E-state index contributed by atoms with van der Waals surface area (Å²) in [5.41, 5.74) is 8.18. The van der Waals surface area contributed by atoms with Crippen molar-refractivity contribution in [1.29, 1.82) is 0 Å². The summed E-state index contributed by atoms with van der Waals surface area (Å²) in [6, 6.07) is 4.04. The zero-order chi connectivity index (χ0) is 9.14. The van der Waals surface area contributed by atoms with E-state index >= 15 is 0 Å². The minimum Gasteiger partial charge on any atom is -0.322 e. The summed E-state index contributed by atoms with van der Waals surface area (Å²) in [6.45, 7) is 6.27. The van der Waals surface area contributed by atoms with Gasteiger partial charge in [-0.15, -0.1) is 12.4 Å². The summed E-state index contributed by atoms with van der Waals surface area (Å²) in [6.07, 6.45) is 1.80. The first-order valence-electron chi connectivity index (χ1n) is 4.30. The molecular formula is C10H17ClN2. The van der Waals surface area contributed by atoms with Gasteiger partial charge in [-0.3, -0.25) is 4.98 Å². The minimum atomic E-state index is 0. The van der Waals surface area contributed by atoms with Crippen molar-refractivity contribution >= 4 is 12.4 Å². The predicted molar refractivity (Wildman–Crippen MR) is 58.0 cm³/mol. The van der Waals surface area contributed by atoms with Gasteiger partial charge in [-0.25, -0.2) is 0 Å². The van der Waals surface area contributed by atoms with Gasteiger partial charge in [0.1, 0.15) is 0 Å². The maximum atomic E-state index is 5.98. The smallest absolute Gasteiger partial charge is 0.0602 e. The number of halogens is 1. The number of rotatable bonds is 2. The lowest BCUT2D eigenvalue weighted by molar-refractivity contribution is 0.501. The van der Waals surface area contributed by atoms with Crippen LogP contribution >= 0.6 is 12.4 Å². The molecule has 0 aliphatic carbocycles. The van der Waals surface area contributed by atoms with Gasteiger partial charge in [0, 0.05) is 12.2 Å². The van der Waals surface area contributed by atoms with Crippen LogP contribution in [0.4, 0.5) is 0 Å². The molecule has 0 bridgehead atoms. The van der Waals surface area contributed by atoms with E-state index in [1.54, 1.807) is 6.20 Å². The van der Waals surface area contributed by atoms with E-state index in [-0.39, 0.29) is 18.4 Å². The molecule has 2 nitrogen and oxygen atoms in total. The molecule has 1 rings (SSSR count). The molecule has 0 fully saturated rings. The van der Waals surface area contributed by atoms with Crippen molar-refractivity contribution in [3.8, 4) is 0 Å². The lowest BCUT2D eigenvalue weighted by atomic mass is 9.99. The zero-order valence-corrected chi connectivity index (χ0v) is 9.14. The molecule has 2 N–H and O–H groups in total. The quantitative estimate of drug-likeness (QED) is 0.797. The fourth-order valence-electron chi connectivity index (χ4n) is 1.16. The number of aryl methyl sites for hydroxylation is 1. The van der Waals surface area contributed by atoms with Crippen molar-refractivity contribution in [2.75, 3.05) is 0 Å². The van der Waals surface area contributed by atoms with Crippen molar-refractivity contribution in [2.45, 2.75) is 26.8 Å². The molecule has 1 atom stereocenters. The highest BCUT2D eigenvalue weighted by molar-refractivity contribution is 5.85. The normalized spacial score (nSPS) is 12.4. The van der Waals surface area contributed by atoms with Crippen LogP contribution in [0.15, 0.2) is 18.3 Å². The highest BCUT2D eigenvalue weighted by atomic mass is 35.5. The zero-order valence-electron chi connectivity index (χ0n) is 8.32. The third kappa shape index (κ3) is 2.98. The van der Waals surface area contributed by atoms with Crippen LogP contribution in [0.25, 0.3) is 0 Å². The molecule has 1 heterocycles. The Labute approximate surface area is 86.0 Å². The topological polar surface area (TPSA) is 38.9 Å². The summed E-state index contributed by atoms with van der Waals surface area (Å²) < 4.78 is 0. The summed E-state index contributed by atoms with van der Waals surface area (Å²) in [7, 11) is 0. The van der Waals surface area contributed by atoms with Crippen LogP contribution in [-0.4, -0.2) is 4.98 Å². The monoisotopic (exact) mass is 200 g/mol. The molecule has 74 valence electrons. The number of hydrogen-bond acceptors (Lipinski definition) is 2. The van der Waals surface area contributed by atoms with Gasteiger partial charge in [-0.2, -0.15) is 0 Å². The maximum Gasteiger partial charge on any atom is 0.0602 e. The van der Waals surface area contributed by atoms with Crippen molar-refractivity contribution < 1.29 is 0 Å². The van der Waals surface area contributed by atoms with Crippen LogP contribution in [0.3, 0.4) is 0 Å². The van der Waals surface area contributed by atoms with E-state index in [9.17, 15) is 0 Å². The number of nitrogens with two attached hydrogens (primary N) is 1. The van der Waals surface area contributed by atoms with Crippen molar-refractivity contribution in [1.82, 2.24) is 4.98 Å². The first-order chi connectivity index (χ1) is 5.63. The van der Waals surface area contributed by atoms with E-state index in [0.717, 1.165) is 5.69 Å². The fraction of sp³-hybridized carbons (Fsp3) is 0.500. The van der Waals surface area contributed by atoms with Gasteiger partial charge in [-0.05, 0) is 24.5 Å². The van der Waals surface area contributed by atoms with Crippen molar-refractivity contribution in [2.24, 2.45) is 11.7 Å². The molecule has 0 aliphatic rings. The minimum absolute atomic E-state index is 0. The van der Waals surface area contributed by atoms with Gasteiger partial charge >= 0.3 is 0 Å². The molecule has 1 aromatic rings. The Bertz CT molecular complexity index is 261. The molecule has 0 saturated carbocycles. The lowest BCUT2D eigenvalue weighted by Gasteiger charge is -2.16. The molecule has 0 radical (unpaired) electrons. The molecule has 0 unspecified atom stereocenters. The first-order valence-corrected chi connectivity index (χ1v) is 4.30. The molecular weight excluding hydrogens is 184 g/mol. The van der Waals surface area contributed by atoms with Crippen LogP contribution in [-0.2, 0) is 0 Å². The Balaban J connectivity index is 0.00000144. The molecule has 0 aromatic carbocycles. The summed E-state index contributed by atoms with van der Waals surface area (Å²) in [4.78, 5) is 4.27. The third-order valence-electron chi connectivity index (χ3n) is 2.08. The van der Waals surface area contributed by atoms with Crippen molar-refractivity contribution in [3.63, 3.8) is 0 Å². The molecule has 1 aromatic heterocycles. The van der Waals surface area contributed by atoms with Crippen LogP contribution in [0, 0.1) is 12.8 Å². The average molecular weight is 201 g/mol. The van der Waals surface area contributed by atoms with E-state index < -0.39 is 0 Å². The molecule has 3 heteroatoms. The first kappa shape index (κ1) is 12.4. The van der Waals surface area contributed by atoms with Gasteiger partial charge < -0.3 is 5.73 Å². The van der Waals surface area contributed by atoms with E-state index in [4.69, 9.17) is 5.73 Å². The van der Waals surface area contributed by atoms with E-state index in [2.05, 4.69) is 18.8 Å².